The number of hydrogen-bond donors (Lipinski definition) is 4. The Kier molecular flexibility index (Phi) is 10.4. The van der Waals surface area contributed by atoms with E-state index in [0.717, 1.165) is 11.3 Å². The Bertz CT molecular complexity index is 1120. The first kappa shape index (κ1) is 29.0. The van der Waals surface area contributed by atoms with Crippen LogP contribution in [0.5, 0.6) is 11.5 Å². The topological polar surface area (TPSA) is 128 Å². The highest BCUT2D eigenvalue weighted by Crippen LogP contribution is 2.29. The van der Waals surface area contributed by atoms with Crippen molar-refractivity contribution in [2.45, 2.75) is 64.6 Å². The van der Waals surface area contributed by atoms with E-state index in [-0.39, 0.29) is 23.5 Å². The number of phenols is 2. The molecular weight excluding hydrogens is 474 g/mol. The molecule has 3 amide bonds. The van der Waals surface area contributed by atoms with Crippen molar-refractivity contribution < 1.29 is 29.3 Å². The lowest BCUT2D eigenvalue weighted by Crippen LogP contribution is -2.52. The second-order valence-electron chi connectivity index (χ2n) is 9.51. The first-order valence-corrected chi connectivity index (χ1v) is 12.1. The van der Waals surface area contributed by atoms with Crippen molar-refractivity contribution in [3.63, 3.8) is 0 Å². The van der Waals surface area contributed by atoms with Gasteiger partial charge in [0.2, 0.25) is 5.91 Å². The number of benzene rings is 2. The molecule has 4 N–H and O–H groups in total. The zero-order valence-electron chi connectivity index (χ0n) is 21.7. The molecule has 2 atom stereocenters. The van der Waals surface area contributed by atoms with Crippen molar-refractivity contribution in [2.75, 3.05) is 6.54 Å². The van der Waals surface area contributed by atoms with Gasteiger partial charge in [0.05, 0.1) is 0 Å². The quantitative estimate of drug-likeness (QED) is 0.220. The van der Waals surface area contributed by atoms with Gasteiger partial charge in [-0.25, -0.2) is 4.79 Å². The molecule has 0 fully saturated rings. The molecule has 0 aromatic heterocycles. The van der Waals surface area contributed by atoms with Crippen LogP contribution in [0.1, 0.15) is 57.7 Å². The first-order chi connectivity index (χ1) is 17.5. The molecule has 0 spiro atoms. The Morgan fingerprint density at radius 1 is 1.08 bits per heavy atom. The molecule has 0 bridgehead atoms. The molecule has 0 heterocycles. The number of aromatic hydroxyl groups is 2. The van der Waals surface area contributed by atoms with E-state index in [1.165, 1.54) is 24.3 Å². The number of nitrogens with one attached hydrogen (secondary N) is 2. The fraction of sp³-hybridized carbons (Fsp3) is 0.393. The summed E-state index contributed by atoms with van der Waals surface area (Å²) in [6.07, 6.45) is 6.47. The van der Waals surface area contributed by atoms with E-state index in [1.807, 2.05) is 6.92 Å². The first-order valence-electron chi connectivity index (χ1n) is 12.1. The minimum atomic E-state index is -1.35. The summed E-state index contributed by atoms with van der Waals surface area (Å²) in [5.41, 5.74) is -0.0568. The van der Waals surface area contributed by atoms with Gasteiger partial charge >= 0.3 is 6.09 Å². The predicted molar refractivity (Wildman–Crippen MR) is 139 cm³/mol. The number of carbonyl (C=O) groups is 3. The molecule has 2 aromatic rings. The van der Waals surface area contributed by atoms with Crippen LogP contribution in [-0.4, -0.2) is 51.2 Å². The number of amides is 3. The number of carbonyl (C=O) groups excluding carboxylic acids is 3. The summed E-state index contributed by atoms with van der Waals surface area (Å²) in [5.74, 6) is -1.48. The molecule has 37 heavy (non-hydrogen) atoms. The number of para-hydroxylation sites is 1. The fourth-order valence-corrected chi connectivity index (χ4v) is 3.55. The van der Waals surface area contributed by atoms with Crippen LogP contribution in [0.15, 0.2) is 48.5 Å². The average molecular weight is 510 g/mol. The lowest BCUT2D eigenvalue weighted by Gasteiger charge is -2.30. The van der Waals surface area contributed by atoms with Gasteiger partial charge in [-0.1, -0.05) is 50.1 Å². The Labute approximate surface area is 217 Å². The maximum atomic E-state index is 13.8. The highest BCUT2D eigenvalue weighted by molar-refractivity contribution is 5.93. The van der Waals surface area contributed by atoms with Crippen LogP contribution in [0.3, 0.4) is 0 Å². The van der Waals surface area contributed by atoms with Gasteiger partial charge in [-0.15, -0.1) is 0 Å². The van der Waals surface area contributed by atoms with E-state index >= 15 is 0 Å². The third-order valence-electron chi connectivity index (χ3n) is 5.31. The van der Waals surface area contributed by atoms with Crippen LogP contribution in [0.2, 0.25) is 0 Å². The summed E-state index contributed by atoms with van der Waals surface area (Å²) in [6.45, 7) is 7.39. The molecule has 0 saturated heterocycles. The molecule has 2 rings (SSSR count). The summed E-state index contributed by atoms with van der Waals surface area (Å²) < 4.78 is 5.33. The minimum absolute atomic E-state index is 0.00147. The van der Waals surface area contributed by atoms with Crippen LogP contribution >= 0.6 is 0 Å². The number of phenolic OH excluding ortho intramolecular Hbond substituents is 2. The molecule has 2 aromatic carbocycles. The molecule has 9 nitrogen and oxygen atoms in total. The van der Waals surface area contributed by atoms with E-state index in [4.69, 9.17) is 11.2 Å². The van der Waals surface area contributed by atoms with Crippen molar-refractivity contribution in [1.82, 2.24) is 15.5 Å². The molecule has 0 saturated carbocycles. The number of hydrogen-bond acceptors (Lipinski definition) is 6. The molecular formula is C28H35N3O6. The van der Waals surface area contributed by atoms with Gasteiger partial charge in [0.15, 0.2) is 6.04 Å². The smallest absolute Gasteiger partial charge is 0.408 e. The number of rotatable bonds is 10. The summed E-state index contributed by atoms with van der Waals surface area (Å²) in [6, 6.07) is 11.9. The number of terminal acetylenes is 1. The lowest BCUT2D eigenvalue weighted by atomic mass is 10.00. The summed E-state index contributed by atoms with van der Waals surface area (Å²) in [7, 11) is 0. The SMILES string of the molecule is C#CN(C(=O)C(Cc1ccc(O)cc1)NC(=O)OC(C)(C)C)C(C(=O)NCCCC)c1ccccc1O. The van der Waals surface area contributed by atoms with Crippen LogP contribution in [0.25, 0.3) is 0 Å². The molecule has 2 unspecified atom stereocenters. The van der Waals surface area contributed by atoms with E-state index in [0.29, 0.717) is 18.5 Å². The van der Waals surface area contributed by atoms with Crippen molar-refractivity contribution in [3.8, 4) is 24.0 Å². The fourth-order valence-electron chi connectivity index (χ4n) is 3.55. The molecule has 0 radical (unpaired) electrons. The standard InChI is InChI=1S/C28H35N3O6/c1-6-8-17-29-25(34)24(21-11-9-10-12-23(21)33)31(7-2)26(35)22(30-27(36)37-28(3,4)5)18-19-13-15-20(32)16-14-19/h2,9-16,22,24,32-33H,6,8,17-18H2,1,3-5H3,(H,29,34)(H,30,36). The van der Waals surface area contributed by atoms with E-state index < -0.39 is 35.6 Å². The molecule has 0 aliphatic heterocycles. The van der Waals surface area contributed by atoms with Gasteiger partial charge in [-0.2, -0.15) is 0 Å². The average Bonchev–Trinajstić information content (AvgIpc) is 2.82. The predicted octanol–water partition coefficient (Wildman–Crippen LogP) is 3.61. The minimum Gasteiger partial charge on any atom is -0.508 e. The summed E-state index contributed by atoms with van der Waals surface area (Å²) >= 11 is 0. The van der Waals surface area contributed by atoms with Crippen molar-refractivity contribution in [3.05, 3.63) is 59.7 Å². The highest BCUT2D eigenvalue weighted by atomic mass is 16.6. The second kappa shape index (κ2) is 13.2. The maximum Gasteiger partial charge on any atom is 0.408 e. The van der Waals surface area contributed by atoms with Gasteiger partial charge in [-0.3, -0.25) is 14.5 Å². The van der Waals surface area contributed by atoms with Gasteiger partial charge in [-0.05, 0) is 51.0 Å². The highest BCUT2D eigenvalue weighted by Gasteiger charge is 2.37. The third kappa shape index (κ3) is 8.76. The van der Waals surface area contributed by atoms with Crippen LogP contribution in [-0.2, 0) is 20.7 Å². The third-order valence-corrected chi connectivity index (χ3v) is 5.31. The van der Waals surface area contributed by atoms with E-state index in [2.05, 4.69) is 16.7 Å². The van der Waals surface area contributed by atoms with Gasteiger partial charge in [0.25, 0.3) is 5.91 Å². The zero-order valence-corrected chi connectivity index (χ0v) is 21.7. The molecule has 198 valence electrons. The summed E-state index contributed by atoms with van der Waals surface area (Å²) in [4.78, 5) is 40.6. The second-order valence-corrected chi connectivity index (χ2v) is 9.51. The van der Waals surface area contributed by atoms with Gasteiger partial charge in [0.1, 0.15) is 23.1 Å². The molecule has 0 aliphatic rings. The Balaban J connectivity index is 2.47. The van der Waals surface area contributed by atoms with Crippen molar-refractivity contribution in [2.24, 2.45) is 0 Å². The number of alkyl carbamates (subject to hydrolysis) is 1. The summed E-state index contributed by atoms with van der Waals surface area (Å²) in [5, 5.41) is 25.4. The number of unbranched alkanes of at least 4 members (excludes halogenated alkanes) is 1. The Hall–Kier alpha value is -4.19. The van der Waals surface area contributed by atoms with Crippen LogP contribution < -0.4 is 10.6 Å². The number of ether oxygens (including phenoxy) is 1. The lowest BCUT2D eigenvalue weighted by molar-refractivity contribution is -0.138. The Morgan fingerprint density at radius 2 is 1.73 bits per heavy atom. The molecule has 0 aliphatic carbocycles. The Morgan fingerprint density at radius 3 is 2.30 bits per heavy atom. The molecule has 9 heteroatoms. The van der Waals surface area contributed by atoms with Crippen LogP contribution in [0, 0.1) is 12.5 Å². The normalized spacial score (nSPS) is 12.5. The van der Waals surface area contributed by atoms with E-state index in [9.17, 15) is 24.6 Å². The maximum absolute atomic E-state index is 13.8. The largest absolute Gasteiger partial charge is 0.508 e. The zero-order chi connectivity index (χ0) is 27.6. The van der Waals surface area contributed by atoms with Gasteiger partial charge in [0, 0.05) is 24.6 Å². The van der Waals surface area contributed by atoms with Crippen LogP contribution in [0.4, 0.5) is 4.79 Å². The van der Waals surface area contributed by atoms with Crippen molar-refractivity contribution >= 4 is 17.9 Å². The number of nitrogens with zero attached hydrogens (tertiary/aromatic N) is 1. The monoisotopic (exact) mass is 509 g/mol. The van der Waals surface area contributed by atoms with E-state index in [1.54, 1.807) is 45.0 Å². The van der Waals surface area contributed by atoms with Gasteiger partial charge < -0.3 is 25.6 Å². The van der Waals surface area contributed by atoms with Crippen molar-refractivity contribution in [1.29, 1.82) is 0 Å².